The van der Waals surface area contributed by atoms with E-state index in [-0.39, 0.29) is 18.7 Å². The quantitative estimate of drug-likeness (QED) is 0.640. The third-order valence-corrected chi connectivity index (χ3v) is 4.33. The summed E-state index contributed by atoms with van der Waals surface area (Å²) in [6.45, 7) is 10.7. The molecule has 0 aromatic carbocycles. The summed E-state index contributed by atoms with van der Waals surface area (Å²) in [5.74, 6) is 1.35. The maximum atomic E-state index is 11.7. The van der Waals surface area contributed by atoms with E-state index in [0.29, 0.717) is 5.92 Å². The Labute approximate surface area is 129 Å². The fourth-order valence-corrected chi connectivity index (χ4v) is 2.61. The smallest absolute Gasteiger partial charge is 0.315 e. The van der Waals surface area contributed by atoms with E-state index in [1.54, 1.807) is 0 Å². The first-order chi connectivity index (χ1) is 10.0. The van der Waals surface area contributed by atoms with Crippen molar-refractivity contribution < 1.29 is 9.90 Å². The summed E-state index contributed by atoms with van der Waals surface area (Å²) in [4.78, 5) is 14.2. The fraction of sp³-hybridized carbons (Fsp3) is 0.938. The molecule has 0 aliphatic carbocycles. The van der Waals surface area contributed by atoms with Gasteiger partial charge in [-0.05, 0) is 57.2 Å². The second-order valence-electron chi connectivity index (χ2n) is 6.61. The van der Waals surface area contributed by atoms with Crippen LogP contribution in [-0.4, -0.2) is 54.9 Å². The summed E-state index contributed by atoms with van der Waals surface area (Å²) in [6.07, 6.45) is 4.34. The van der Waals surface area contributed by atoms with E-state index in [1.807, 2.05) is 6.92 Å². The molecule has 2 amide bonds. The van der Waals surface area contributed by atoms with Gasteiger partial charge < -0.3 is 20.6 Å². The number of nitrogens with zero attached hydrogens (tertiary/aromatic N) is 1. The molecular formula is C16H33N3O2. The lowest BCUT2D eigenvalue weighted by atomic mass is 9.96. The number of carbonyl (C=O) groups excluding carboxylic acids is 1. The topological polar surface area (TPSA) is 64.6 Å². The lowest BCUT2D eigenvalue weighted by Crippen LogP contribution is -2.46. The number of carbonyl (C=O) groups is 1. The number of hydrogen-bond acceptors (Lipinski definition) is 3. The van der Waals surface area contributed by atoms with Crippen molar-refractivity contribution in [3.63, 3.8) is 0 Å². The molecule has 0 saturated carbocycles. The highest BCUT2D eigenvalue weighted by Crippen LogP contribution is 2.17. The Hall–Kier alpha value is -0.810. The summed E-state index contributed by atoms with van der Waals surface area (Å²) in [6, 6.07) is -0.291. The van der Waals surface area contributed by atoms with Crippen LogP contribution in [-0.2, 0) is 0 Å². The van der Waals surface area contributed by atoms with Crippen LogP contribution in [0.2, 0.25) is 0 Å². The first-order valence-electron chi connectivity index (χ1n) is 8.42. The minimum atomic E-state index is -0.155. The van der Waals surface area contributed by atoms with Crippen molar-refractivity contribution in [1.82, 2.24) is 15.5 Å². The van der Waals surface area contributed by atoms with Crippen LogP contribution >= 0.6 is 0 Å². The number of urea groups is 1. The van der Waals surface area contributed by atoms with Crippen LogP contribution in [0.1, 0.15) is 46.5 Å². The maximum Gasteiger partial charge on any atom is 0.315 e. The second-order valence-corrected chi connectivity index (χ2v) is 6.61. The zero-order chi connectivity index (χ0) is 15.7. The summed E-state index contributed by atoms with van der Waals surface area (Å²) in [5, 5.41) is 14.8. The molecular weight excluding hydrogens is 266 g/mol. The molecule has 0 bridgehead atoms. The molecule has 1 heterocycles. The number of hydrogen-bond donors (Lipinski definition) is 3. The number of amides is 2. The van der Waals surface area contributed by atoms with Crippen LogP contribution in [0, 0.1) is 11.8 Å². The van der Waals surface area contributed by atoms with Crippen molar-refractivity contribution in [2.45, 2.75) is 52.5 Å². The second kappa shape index (κ2) is 10.0. The van der Waals surface area contributed by atoms with Crippen LogP contribution in [0.25, 0.3) is 0 Å². The molecule has 1 aliphatic heterocycles. The van der Waals surface area contributed by atoms with Crippen molar-refractivity contribution in [2.24, 2.45) is 11.8 Å². The number of nitrogens with one attached hydrogen (secondary N) is 2. The minimum Gasteiger partial charge on any atom is -0.394 e. The van der Waals surface area contributed by atoms with Gasteiger partial charge >= 0.3 is 6.03 Å². The lowest BCUT2D eigenvalue weighted by Gasteiger charge is -2.32. The molecule has 1 atom stereocenters. The van der Waals surface area contributed by atoms with Gasteiger partial charge in [-0.1, -0.05) is 20.8 Å². The van der Waals surface area contributed by atoms with E-state index >= 15 is 0 Å². The molecule has 0 aromatic heterocycles. The maximum absolute atomic E-state index is 11.7. The Kier molecular flexibility index (Phi) is 8.69. The average Bonchev–Trinajstić information content (AvgIpc) is 2.49. The summed E-state index contributed by atoms with van der Waals surface area (Å²) in [5.41, 5.74) is 0. The highest BCUT2D eigenvalue weighted by molar-refractivity contribution is 5.74. The molecule has 5 heteroatoms. The largest absolute Gasteiger partial charge is 0.394 e. The van der Waals surface area contributed by atoms with Crippen LogP contribution < -0.4 is 10.6 Å². The molecule has 1 fully saturated rings. The summed E-state index contributed by atoms with van der Waals surface area (Å²) in [7, 11) is 0. The summed E-state index contributed by atoms with van der Waals surface area (Å²) >= 11 is 0. The van der Waals surface area contributed by atoms with E-state index in [9.17, 15) is 4.79 Å². The van der Waals surface area contributed by atoms with Gasteiger partial charge in [-0.25, -0.2) is 4.79 Å². The standard InChI is InChI=1S/C16H33N3O2/c1-4-15(12-20)18-16(21)17-11-14-6-9-19(10-7-14)8-5-13(2)3/h13-15,20H,4-12H2,1-3H3,(H2,17,18,21). The highest BCUT2D eigenvalue weighted by atomic mass is 16.3. The van der Waals surface area contributed by atoms with Gasteiger partial charge in [0, 0.05) is 6.54 Å². The summed E-state index contributed by atoms with van der Waals surface area (Å²) < 4.78 is 0. The third-order valence-electron chi connectivity index (χ3n) is 4.33. The van der Waals surface area contributed by atoms with E-state index in [2.05, 4.69) is 29.4 Å². The Balaban J connectivity index is 2.13. The van der Waals surface area contributed by atoms with Crippen LogP contribution in [0.3, 0.4) is 0 Å². The molecule has 0 spiro atoms. The molecule has 124 valence electrons. The SMILES string of the molecule is CCC(CO)NC(=O)NCC1CCN(CCC(C)C)CC1. The van der Waals surface area contributed by atoms with Gasteiger partial charge in [0.15, 0.2) is 0 Å². The number of aliphatic hydroxyl groups is 1. The van der Waals surface area contributed by atoms with Gasteiger partial charge in [0.25, 0.3) is 0 Å². The van der Waals surface area contributed by atoms with Crippen molar-refractivity contribution >= 4 is 6.03 Å². The zero-order valence-electron chi connectivity index (χ0n) is 13.9. The first kappa shape index (κ1) is 18.2. The van der Waals surface area contributed by atoms with Crippen LogP contribution in [0.15, 0.2) is 0 Å². The predicted molar refractivity (Wildman–Crippen MR) is 86.3 cm³/mol. The van der Waals surface area contributed by atoms with E-state index in [1.165, 1.54) is 13.0 Å². The Morgan fingerprint density at radius 3 is 2.52 bits per heavy atom. The Morgan fingerprint density at radius 1 is 1.33 bits per heavy atom. The van der Waals surface area contributed by atoms with Crippen LogP contribution in [0.5, 0.6) is 0 Å². The molecule has 0 radical (unpaired) electrons. The third kappa shape index (κ3) is 7.67. The van der Waals surface area contributed by atoms with Gasteiger partial charge in [0.05, 0.1) is 12.6 Å². The van der Waals surface area contributed by atoms with Gasteiger partial charge in [-0.15, -0.1) is 0 Å². The van der Waals surface area contributed by atoms with E-state index in [0.717, 1.165) is 44.8 Å². The molecule has 1 saturated heterocycles. The van der Waals surface area contributed by atoms with Crippen molar-refractivity contribution in [2.75, 3.05) is 32.8 Å². The van der Waals surface area contributed by atoms with Crippen molar-refractivity contribution in [3.8, 4) is 0 Å². The van der Waals surface area contributed by atoms with Gasteiger partial charge in [-0.3, -0.25) is 0 Å². The highest BCUT2D eigenvalue weighted by Gasteiger charge is 2.19. The Morgan fingerprint density at radius 2 is 2.00 bits per heavy atom. The normalized spacial score (nSPS) is 18.7. The molecule has 3 N–H and O–H groups in total. The molecule has 0 aromatic rings. The van der Waals surface area contributed by atoms with Crippen molar-refractivity contribution in [1.29, 1.82) is 0 Å². The first-order valence-corrected chi connectivity index (χ1v) is 8.42. The molecule has 1 aliphatic rings. The number of piperidine rings is 1. The molecule has 1 rings (SSSR count). The fourth-order valence-electron chi connectivity index (χ4n) is 2.61. The van der Waals surface area contributed by atoms with Crippen LogP contribution in [0.4, 0.5) is 4.79 Å². The van der Waals surface area contributed by atoms with Gasteiger partial charge in [0.2, 0.25) is 0 Å². The number of aliphatic hydroxyl groups excluding tert-OH is 1. The number of rotatable bonds is 8. The van der Waals surface area contributed by atoms with Gasteiger partial charge in [0.1, 0.15) is 0 Å². The van der Waals surface area contributed by atoms with Gasteiger partial charge in [-0.2, -0.15) is 0 Å². The van der Waals surface area contributed by atoms with E-state index < -0.39 is 0 Å². The molecule has 1 unspecified atom stereocenters. The molecule has 5 nitrogen and oxygen atoms in total. The predicted octanol–water partition coefficient (Wildman–Crippen LogP) is 1.81. The number of likely N-dealkylation sites (tertiary alicyclic amines) is 1. The zero-order valence-corrected chi connectivity index (χ0v) is 13.9. The minimum absolute atomic E-state index is 0.00183. The van der Waals surface area contributed by atoms with E-state index in [4.69, 9.17) is 5.11 Å². The lowest BCUT2D eigenvalue weighted by molar-refractivity contribution is 0.173. The monoisotopic (exact) mass is 299 g/mol. The average molecular weight is 299 g/mol. The Bertz CT molecular complexity index is 285. The van der Waals surface area contributed by atoms with Crippen molar-refractivity contribution in [3.05, 3.63) is 0 Å². The molecule has 21 heavy (non-hydrogen) atoms.